The highest BCUT2D eigenvalue weighted by Gasteiger charge is 2.10. The van der Waals surface area contributed by atoms with Gasteiger partial charge in [0, 0.05) is 44.3 Å². The van der Waals surface area contributed by atoms with E-state index in [4.69, 9.17) is 0 Å². The number of nitrogens with one attached hydrogen (secondary N) is 2. The number of amides is 2. The van der Waals surface area contributed by atoms with Crippen LogP contribution < -0.4 is 10.6 Å². The van der Waals surface area contributed by atoms with Crippen LogP contribution in [0.1, 0.15) is 16.9 Å². The predicted molar refractivity (Wildman–Crippen MR) is 92.4 cm³/mol. The van der Waals surface area contributed by atoms with Gasteiger partial charge in [-0.25, -0.2) is 4.68 Å². The molecule has 8 nitrogen and oxygen atoms in total. The largest absolute Gasteiger partial charge is 0.350 e. The number of carbonyl (C=O) groups is 2. The van der Waals surface area contributed by atoms with Gasteiger partial charge in [-0.2, -0.15) is 10.2 Å². The van der Waals surface area contributed by atoms with E-state index in [-0.39, 0.29) is 24.8 Å². The topological polar surface area (TPSA) is 93.8 Å². The van der Waals surface area contributed by atoms with Crippen molar-refractivity contribution in [3.05, 3.63) is 60.7 Å². The number of rotatable bonds is 6. The van der Waals surface area contributed by atoms with Gasteiger partial charge in [0.2, 0.25) is 5.91 Å². The fraction of sp³-hybridized carbons (Fsp3) is 0.176. The smallest absolute Gasteiger partial charge is 0.269 e. The SMILES string of the molecule is Cn1nccc1C(=O)NCCC(=O)Nc1ccc(-n2cccn2)cc1. The third kappa shape index (κ3) is 4.11. The molecule has 0 atom stereocenters. The number of nitrogens with zero attached hydrogens (tertiary/aromatic N) is 4. The van der Waals surface area contributed by atoms with E-state index in [1.165, 1.54) is 4.68 Å². The van der Waals surface area contributed by atoms with Crippen molar-refractivity contribution in [2.45, 2.75) is 6.42 Å². The van der Waals surface area contributed by atoms with Crippen LogP contribution in [0.3, 0.4) is 0 Å². The van der Waals surface area contributed by atoms with Gasteiger partial charge in [0.15, 0.2) is 0 Å². The molecule has 128 valence electrons. The normalized spacial score (nSPS) is 10.4. The molecule has 0 aliphatic carbocycles. The molecule has 0 spiro atoms. The van der Waals surface area contributed by atoms with E-state index in [1.807, 2.05) is 36.5 Å². The molecule has 0 radical (unpaired) electrons. The summed E-state index contributed by atoms with van der Waals surface area (Å²) < 4.78 is 3.22. The molecular formula is C17H18N6O2. The van der Waals surface area contributed by atoms with Crippen molar-refractivity contribution in [2.24, 2.45) is 7.05 Å². The molecule has 3 rings (SSSR count). The van der Waals surface area contributed by atoms with Crippen molar-refractivity contribution in [2.75, 3.05) is 11.9 Å². The van der Waals surface area contributed by atoms with Crippen LogP contribution in [-0.2, 0) is 11.8 Å². The van der Waals surface area contributed by atoms with Gasteiger partial charge in [0.1, 0.15) is 5.69 Å². The van der Waals surface area contributed by atoms with E-state index in [9.17, 15) is 9.59 Å². The van der Waals surface area contributed by atoms with Crippen LogP contribution in [0.4, 0.5) is 5.69 Å². The van der Waals surface area contributed by atoms with E-state index in [1.54, 1.807) is 30.2 Å². The van der Waals surface area contributed by atoms with Crippen molar-refractivity contribution >= 4 is 17.5 Å². The van der Waals surface area contributed by atoms with Crippen LogP contribution in [0.2, 0.25) is 0 Å². The van der Waals surface area contributed by atoms with Gasteiger partial charge in [-0.05, 0) is 36.4 Å². The molecule has 0 bridgehead atoms. The van der Waals surface area contributed by atoms with Crippen molar-refractivity contribution in [1.29, 1.82) is 0 Å². The summed E-state index contributed by atoms with van der Waals surface area (Å²) in [5, 5.41) is 13.6. The highest BCUT2D eigenvalue weighted by atomic mass is 16.2. The Morgan fingerprint density at radius 1 is 1.08 bits per heavy atom. The van der Waals surface area contributed by atoms with E-state index in [0.29, 0.717) is 11.4 Å². The van der Waals surface area contributed by atoms with Crippen LogP contribution >= 0.6 is 0 Å². The van der Waals surface area contributed by atoms with E-state index >= 15 is 0 Å². The maximum absolute atomic E-state index is 12.0. The molecule has 0 aliphatic rings. The number of aryl methyl sites for hydroxylation is 1. The first-order valence-corrected chi connectivity index (χ1v) is 7.79. The van der Waals surface area contributed by atoms with Crippen LogP contribution in [0.25, 0.3) is 5.69 Å². The molecule has 0 fully saturated rings. The minimum absolute atomic E-state index is 0.169. The molecule has 2 aromatic heterocycles. The quantitative estimate of drug-likeness (QED) is 0.710. The Hall–Kier alpha value is -3.42. The first kappa shape index (κ1) is 16.4. The van der Waals surface area contributed by atoms with Crippen LogP contribution in [0, 0.1) is 0 Å². The minimum Gasteiger partial charge on any atom is -0.350 e. The lowest BCUT2D eigenvalue weighted by Crippen LogP contribution is -2.29. The Morgan fingerprint density at radius 2 is 1.88 bits per heavy atom. The van der Waals surface area contributed by atoms with Gasteiger partial charge in [0.05, 0.1) is 5.69 Å². The third-order valence-corrected chi connectivity index (χ3v) is 3.61. The van der Waals surface area contributed by atoms with Crippen molar-refractivity contribution in [3.8, 4) is 5.69 Å². The number of carbonyl (C=O) groups excluding carboxylic acids is 2. The first-order chi connectivity index (χ1) is 12.1. The van der Waals surface area contributed by atoms with Crippen molar-refractivity contribution in [1.82, 2.24) is 24.9 Å². The lowest BCUT2D eigenvalue weighted by Gasteiger charge is -2.08. The Kier molecular flexibility index (Phi) is 4.89. The fourth-order valence-electron chi connectivity index (χ4n) is 2.32. The van der Waals surface area contributed by atoms with Gasteiger partial charge in [-0.1, -0.05) is 0 Å². The zero-order valence-corrected chi connectivity index (χ0v) is 13.7. The van der Waals surface area contributed by atoms with Crippen molar-refractivity contribution < 1.29 is 9.59 Å². The van der Waals surface area contributed by atoms with Crippen molar-refractivity contribution in [3.63, 3.8) is 0 Å². The van der Waals surface area contributed by atoms with Gasteiger partial charge in [-0.15, -0.1) is 0 Å². The second kappa shape index (κ2) is 7.43. The predicted octanol–water partition coefficient (Wildman–Crippen LogP) is 1.36. The minimum atomic E-state index is -0.253. The molecule has 2 heterocycles. The second-order valence-electron chi connectivity index (χ2n) is 5.39. The highest BCUT2D eigenvalue weighted by molar-refractivity contribution is 5.94. The molecule has 2 N–H and O–H groups in total. The standard InChI is InChI=1S/C17H18N6O2/c1-22-15(7-11-19-22)17(25)18-10-8-16(24)21-13-3-5-14(6-4-13)23-12-2-9-20-23/h2-7,9,11-12H,8,10H2,1H3,(H,18,25)(H,21,24). The van der Waals surface area contributed by atoms with E-state index in [0.717, 1.165) is 5.69 Å². The number of hydrogen-bond acceptors (Lipinski definition) is 4. The molecule has 0 aliphatic heterocycles. The monoisotopic (exact) mass is 338 g/mol. The highest BCUT2D eigenvalue weighted by Crippen LogP contribution is 2.12. The molecule has 25 heavy (non-hydrogen) atoms. The Bertz CT molecular complexity index is 852. The summed E-state index contributed by atoms with van der Waals surface area (Å²) in [7, 11) is 1.69. The summed E-state index contributed by atoms with van der Waals surface area (Å²) in [5.41, 5.74) is 2.06. The fourth-order valence-corrected chi connectivity index (χ4v) is 2.32. The number of anilines is 1. The lowest BCUT2D eigenvalue weighted by molar-refractivity contribution is -0.116. The number of aromatic nitrogens is 4. The van der Waals surface area contributed by atoms with Gasteiger partial charge in [0.25, 0.3) is 5.91 Å². The maximum Gasteiger partial charge on any atom is 0.269 e. The molecule has 0 saturated heterocycles. The van der Waals surface area contributed by atoms with Crippen LogP contribution in [0.5, 0.6) is 0 Å². The summed E-state index contributed by atoms with van der Waals surface area (Å²) in [6.07, 6.45) is 5.28. The Balaban J connectivity index is 1.46. The average molecular weight is 338 g/mol. The number of benzene rings is 1. The van der Waals surface area contributed by atoms with Gasteiger partial charge >= 0.3 is 0 Å². The molecule has 2 amide bonds. The summed E-state index contributed by atoms with van der Waals surface area (Å²) >= 11 is 0. The van der Waals surface area contributed by atoms with Gasteiger partial charge in [-0.3, -0.25) is 14.3 Å². The Labute approximate surface area is 144 Å². The summed E-state index contributed by atoms with van der Waals surface area (Å²) in [6, 6.07) is 10.8. The summed E-state index contributed by atoms with van der Waals surface area (Å²) in [4.78, 5) is 23.9. The van der Waals surface area contributed by atoms with Gasteiger partial charge < -0.3 is 10.6 Å². The zero-order valence-electron chi connectivity index (χ0n) is 13.7. The zero-order chi connectivity index (χ0) is 17.6. The molecule has 3 aromatic rings. The van der Waals surface area contributed by atoms with Crippen LogP contribution in [0.15, 0.2) is 55.0 Å². The summed E-state index contributed by atoms with van der Waals surface area (Å²) in [6.45, 7) is 0.251. The molecular weight excluding hydrogens is 320 g/mol. The number of hydrogen-bond donors (Lipinski definition) is 2. The van der Waals surface area contributed by atoms with E-state index in [2.05, 4.69) is 20.8 Å². The second-order valence-corrected chi connectivity index (χ2v) is 5.39. The summed E-state index contributed by atoms with van der Waals surface area (Å²) in [5.74, 6) is -0.423. The third-order valence-electron chi connectivity index (χ3n) is 3.61. The molecule has 1 aromatic carbocycles. The first-order valence-electron chi connectivity index (χ1n) is 7.79. The van der Waals surface area contributed by atoms with Crippen LogP contribution in [-0.4, -0.2) is 37.9 Å². The lowest BCUT2D eigenvalue weighted by atomic mass is 10.2. The molecule has 8 heteroatoms. The van der Waals surface area contributed by atoms with E-state index < -0.39 is 0 Å². The maximum atomic E-state index is 12.0. The molecule has 0 unspecified atom stereocenters. The molecule has 0 saturated carbocycles. The average Bonchev–Trinajstić information content (AvgIpc) is 3.27. The Morgan fingerprint density at radius 3 is 2.52 bits per heavy atom.